The van der Waals surface area contributed by atoms with Crippen LogP contribution in [0.25, 0.3) is 0 Å². The van der Waals surface area contributed by atoms with E-state index in [4.69, 9.17) is 4.99 Å². The van der Waals surface area contributed by atoms with Crippen molar-refractivity contribution in [3.8, 4) is 0 Å². The van der Waals surface area contributed by atoms with E-state index in [1.165, 1.54) is 28.8 Å². The van der Waals surface area contributed by atoms with Gasteiger partial charge in [0.15, 0.2) is 0 Å². The Balaban J connectivity index is 1.95. The molecule has 0 heterocycles. The van der Waals surface area contributed by atoms with E-state index >= 15 is 0 Å². The number of halogens is 1. The quantitative estimate of drug-likeness (QED) is 0.340. The highest BCUT2D eigenvalue weighted by molar-refractivity contribution is 8.02. The fraction of sp³-hybridized carbons (Fsp3) is 0.125. The van der Waals surface area contributed by atoms with E-state index in [2.05, 4.69) is 51.1 Å². The normalized spacial score (nSPS) is 11.9. The first-order valence-electron chi connectivity index (χ1n) is 8.83. The summed E-state index contributed by atoms with van der Waals surface area (Å²) in [7, 11) is 0. The maximum Gasteiger partial charge on any atom is 0.123 e. The smallest absolute Gasteiger partial charge is 0.123 e. The molecule has 3 aromatic rings. The number of thioether (sulfide) groups is 1. The van der Waals surface area contributed by atoms with Gasteiger partial charge in [-0.1, -0.05) is 47.7 Å². The molecule has 0 aliphatic carbocycles. The Bertz CT molecular complexity index is 950. The first-order chi connectivity index (χ1) is 13.0. The van der Waals surface area contributed by atoms with Gasteiger partial charge < -0.3 is 0 Å². The van der Waals surface area contributed by atoms with Crippen LogP contribution in [0.5, 0.6) is 0 Å². The number of hydrogen-bond acceptors (Lipinski definition) is 2. The molecule has 0 aliphatic rings. The van der Waals surface area contributed by atoms with Crippen LogP contribution in [-0.4, -0.2) is 5.71 Å². The van der Waals surface area contributed by atoms with Crippen molar-refractivity contribution in [1.29, 1.82) is 0 Å². The zero-order valence-corrected chi connectivity index (χ0v) is 16.6. The fourth-order valence-corrected chi connectivity index (χ4v) is 3.49. The molecule has 0 unspecified atom stereocenters. The Morgan fingerprint density at radius 1 is 0.852 bits per heavy atom. The molecule has 3 heteroatoms. The minimum absolute atomic E-state index is 0.222. The Labute approximate surface area is 164 Å². The highest BCUT2D eigenvalue weighted by atomic mass is 32.2. The largest absolute Gasteiger partial charge is 0.248 e. The van der Waals surface area contributed by atoms with Crippen LogP contribution in [0, 0.1) is 26.6 Å². The summed E-state index contributed by atoms with van der Waals surface area (Å²) in [5, 5.41) is 2.01. The monoisotopic (exact) mass is 375 g/mol. The number of nitrogens with zero attached hydrogens (tertiary/aromatic N) is 1. The number of hydrogen-bond donors (Lipinski definition) is 0. The molecule has 1 nitrogen and oxygen atoms in total. The fourth-order valence-electron chi connectivity index (χ4n) is 2.84. The maximum absolute atomic E-state index is 13.1. The molecule has 0 bridgehead atoms. The Morgan fingerprint density at radius 3 is 2.11 bits per heavy atom. The second kappa shape index (κ2) is 8.83. The molecule has 27 heavy (non-hydrogen) atoms. The van der Waals surface area contributed by atoms with E-state index in [1.54, 1.807) is 23.9 Å². The third-order valence-corrected chi connectivity index (χ3v) is 5.08. The van der Waals surface area contributed by atoms with Gasteiger partial charge in [0.2, 0.25) is 0 Å². The molecule has 0 fully saturated rings. The minimum Gasteiger partial charge on any atom is -0.248 e. The number of aryl methyl sites for hydroxylation is 3. The lowest BCUT2D eigenvalue weighted by atomic mass is 9.98. The van der Waals surface area contributed by atoms with Gasteiger partial charge in [0.1, 0.15) is 5.82 Å². The summed E-state index contributed by atoms with van der Waals surface area (Å²) in [4.78, 5) is 5.88. The van der Waals surface area contributed by atoms with Gasteiger partial charge in [0, 0.05) is 10.5 Å². The lowest BCUT2D eigenvalue weighted by Gasteiger charge is -2.10. The number of rotatable bonds is 5. The Hall–Kier alpha value is -2.65. The molecule has 0 N–H and O–H groups in total. The molecule has 0 saturated heterocycles. The topological polar surface area (TPSA) is 12.4 Å². The van der Waals surface area contributed by atoms with E-state index in [1.807, 2.05) is 23.6 Å². The van der Waals surface area contributed by atoms with Crippen LogP contribution >= 0.6 is 11.8 Å². The molecule has 3 aromatic carbocycles. The molecular weight excluding hydrogens is 353 g/mol. The van der Waals surface area contributed by atoms with Crippen LogP contribution in [0.2, 0.25) is 0 Å². The Morgan fingerprint density at radius 2 is 1.48 bits per heavy atom. The van der Waals surface area contributed by atoms with Crippen molar-refractivity contribution in [3.05, 3.63) is 106 Å². The van der Waals surface area contributed by atoms with Crippen LogP contribution in [0.4, 0.5) is 10.1 Å². The average molecular weight is 376 g/mol. The van der Waals surface area contributed by atoms with E-state index in [-0.39, 0.29) is 5.82 Å². The van der Waals surface area contributed by atoms with Crippen LogP contribution in [0.3, 0.4) is 0 Å². The number of allylic oxidation sites excluding steroid dienone is 1. The van der Waals surface area contributed by atoms with Gasteiger partial charge in [-0.15, -0.1) is 0 Å². The Kier molecular flexibility index (Phi) is 6.25. The molecule has 0 amide bonds. The molecule has 0 atom stereocenters. The van der Waals surface area contributed by atoms with Crippen molar-refractivity contribution in [2.45, 2.75) is 25.7 Å². The molecule has 0 aromatic heterocycles. The number of aliphatic imine (C=N–C) groups is 1. The van der Waals surface area contributed by atoms with Gasteiger partial charge in [0.05, 0.1) is 11.4 Å². The lowest BCUT2D eigenvalue weighted by molar-refractivity contribution is 0.626. The van der Waals surface area contributed by atoms with Crippen LogP contribution in [-0.2, 0) is 0 Å². The molecule has 0 aliphatic heterocycles. The first-order valence-corrected chi connectivity index (χ1v) is 9.71. The molecule has 0 saturated carbocycles. The van der Waals surface area contributed by atoms with Gasteiger partial charge >= 0.3 is 0 Å². The first kappa shape index (κ1) is 19.1. The van der Waals surface area contributed by atoms with Crippen molar-refractivity contribution in [2.75, 3.05) is 0 Å². The standard InChI is InChI=1S/C24H22FNS/c1-17-7-11-21(12-8-17)26-23(24-18(2)5-4-6-19(24)3)15-16-27-22-13-9-20(25)10-14-22/h4-16H,1-3H3/b16-15+,26-23?. The summed E-state index contributed by atoms with van der Waals surface area (Å²) in [5.74, 6) is -0.222. The molecule has 3 rings (SSSR count). The zero-order chi connectivity index (χ0) is 19.2. The van der Waals surface area contributed by atoms with Gasteiger partial charge in [-0.25, -0.2) is 9.38 Å². The van der Waals surface area contributed by atoms with E-state index in [0.29, 0.717) is 0 Å². The van der Waals surface area contributed by atoms with E-state index < -0.39 is 0 Å². The van der Waals surface area contributed by atoms with Gasteiger partial charge in [-0.05, 0) is 79.8 Å². The van der Waals surface area contributed by atoms with E-state index in [9.17, 15) is 4.39 Å². The van der Waals surface area contributed by atoms with Crippen LogP contribution in [0.15, 0.2) is 88.1 Å². The van der Waals surface area contributed by atoms with Crippen LogP contribution < -0.4 is 0 Å². The average Bonchev–Trinajstić information content (AvgIpc) is 2.65. The highest BCUT2D eigenvalue weighted by Crippen LogP contribution is 2.23. The van der Waals surface area contributed by atoms with Crippen molar-refractivity contribution < 1.29 is 4.39 Å². The maximum atomic E-state index is 13.1. The summed E-state index contributed by atoms with van der Waals surface area (Å²) >= 11 is 1.55. The molecular formula is C24H22FNS. The zero-order valence-electron chi connectivity index (χ0n) is 15.7. The summed E-state index contributed by atoms with van der Waals surface area (Å²) in [6.45, 7) is 6.28. The second-order valence-electron chi connectivity index (χ2n) is 6.47. The van der Waals surface area contributed by atoms with Crippen molar-refractivity contribution in [2.24, 2.45) is 4.99 Å². The van der Waals surface area contributed by atoms with Crippen molar-refractivity contribution in [1.82, 2.24) is 0 Å². The van der Waals surface area contributed by atoms with E-state index in [0.717, 1.165) is 21.9 Å². The van der Waals surface area contributed by atoms with Gasteiger partial charge in [-0.2, -0.15) is 0 Å². The summed E-state index contributed by atoms with van der Waals surface area (Å²) in [6, 6.07) is 21.0. The summed E-state index contributed by atoms with van der Waals surface area (Å²) in [6.07, 6.45) is 2.03. The third kappa shape index (κ3) is 5.18. The summed E-state index contributed by atoms with van der Waals surface area (Å²) < 4.78 is 13.1. The van der Waals surface area contributed by atoms with Crippen molar-refractivity contribution in [3.63, 3.8) is 0 Å². The predicted octanol–water partition coefficient (Wildman–Crippen LogP) is 7.18. The third-order valence-electron chi connectivity index (χ3n) is 4.26. The summed E-state index contributed by atoms with van der Waals surface area (Å²) in [5.41, 5.74) is 6.59. The lowest BCUT2D eigenvalue weighted by Crippen LogP contribution is -2.02. The molecule has 0 spiro atoms. The van der Waals surface area contributed by atoms with Gasteiger partial charge in [-0.3, -0.25) is 0 Å². The highest BCUT2D eigenvalue weighted by Gasteiger charge is 2.08. The molecule has 136 valence electrons. The minimum atomic E-state index is -0.222. The molecule has 0 radical (unpaired) electrons. The van der Waals surface area contributed by atoms with Gasteiger partial charge in [0.25, 0.3) is 0 Å². The van der Waals surface area contributed by atoms with Crippen molar-refractivity contribution >= 4 is 23.2 Å². The second-order valence-corrected chi connectivity index (χ2v) is 7.45. The SMILES string of the molecule is Cc1ccc(N=C(/C=C/Sc2ccc(F)cc2)c2c(C)cccc2C)cc1. The van der Waals surface area contributed by atoms with Crippen LogP contribution in [0.1, 0.15) is 22.3 Å². The number of benzene rings is 3. The predicted molar refractivity (Wildman–Crippen MR) is 115 cm³/mol.